The van der Waals surface area contributed by atoms with Gasteiger partial charge in [0, 0.05) is 18.0 Å². The molecule has 2 heterocycles. The molecule has 0 aliphatic carbocycles. The fraction of sp³-hybridized carbons (Fsp3) is 0.412. The van der Waals surface area contributed by atoms with Crippen molar-refractivity contribution in [1.82, 2.24) is 15.6 Å². The molecule has 0 spiro atoms. The third kappa shape index (κ3) is 11.6. The van der Waals surface area contributed by atoms with Gasteiger partial charge in [0.25, 0.3) is 0 Å². The number of esters is 1. The Morgan fingerprint density at radius 3 is 2.21 bits per heavy atom. The van der Waals surface area contributed by atoms with Crippen molar-refractivity contribution in [3.8, 4) is 0 Å². The fourth-order valence-corrected chi connectivity index (χ4v) is 5.42. The van der Waals surface area contributed by atoms with E-state index in [0.29, 0.717) is 0 Å². The highest BCUT2D eigenvalue weighted by Gasteiger charge is 2.36. The fourth-order valence-electron chi connectivity index (χ4n) is 5.42. The SMILES string of the molecule is COC(=O)N[C@H](C(=O)Nc1cncc(F)c1CC[C@@H]1CN[C@H](COC(=O)CCC(F)(F)F)CO1)[C@H](c1ccc(F)cc1)c1ccc(C(F)(F)F)cc1. The molecular formula is C34H34F8N4O6. The monoisotopic (exact) mass is 746 g/mol. The molecule has 2 aromatic carbocycles. The molecule has 3 aromatic rings. The van der Waals surface area contributed by atoms with Crippen molar-refractivity contribution in [3.63, 3.8) is 0 Å². The molecule has 1 fully saturated rings. The van der Waals surface area contributed by atoms with Crippen molar-refractivity contribution in [3.05, 3.63) is 94.8 Å². The van der Waals surface area contributed by atoms with Crippen LogP contribution in [0.3, 0.4) is 0 Å². The molecule has 3 N–H and O–H groups in total. The van der Waals surface area contributed by atoms with Crippen LogP contribution in [0.4, 0.5) is 45.6 Å². The number of rotatable bonds is 13. The van der Waals surface area contributed by atoms with Crippen LogP contribution >= 0.6 is 0 Å². The van der Waals surface area contributed by atoms with E-state index in [9.17, 15) is 45.1 Å². The van der Waals surface area contributed by atoms with E-state index in [0.717, 1.165) is 49.7 Å². The molecule has 4 rings (SSSR count). The summed E-state index contributed by atoms with van der Waals surface area (Å²) < 4.78 is 121. The van der Waals surface area contributed by atoms with Gasteiger partial charge >= 0.3 is 24.4 Å². The minimum Gasteiger partial charge on any atom is -0.464 e. The zero-order valence-electron chi connectivity index (χ0n) is 27.5. The smallest absolute Gasteiger partial charge is 0.416 e. The first-order valence-electron chi connectivity index (χ1n) is 15.8. The maximum Gasteiger partial charge on any atom is 0.416 e. The van der Waals surface area contributed by atoms with E-state index in [4.69, 9.17) is 14.2 Å². The lowest BCUT2D eigenvalue weighted by Gasteiger charge is -2.30. The standard InChI is InChI=1S/C34H34F8N4O6/c1-50-32(49)46-30(29(20-4-8-22(35)9-5-20)19-2-6-21(7-3-19)34(40,41)42)31(48)45-27-16-43-15-26(36)25(27)11-10-24-14-44-23(17-51-24)18-52-28(47)12-13-33(37,38)39/h2-9,15-16,23-24,29-30,44H,10-14,17-18H2,1H3,(H,45,48)(H,46,49)/t23-,24+,29-,30-/m0/s1. The lowest BCUT2D eigenvalue weighted by atomic mass is 9.84. The number of carbonyl (C=O) groups excluding carboxylic acids is 3. The van der Waals surface area contributed by atoms with Crippen LogP contribution in [-0.2, 0) is 36.4 Å². The Morgan fingerprint density at radius 2 is 1.63 bits per heavy atom. The molecule has 1 aromatic heterocycles. The highest BCUT2D eigenvalue weighted by atomic mass is 19.4. The molecule has 4 atom stereocenters. The van der Waals surface area contributed by atoms with Gasteiger partial charge in [0.2, 0.25) is 5.91 Å². The predicted molar refractivity (Wildman–Crippen MR) is 168 cm³/mol. The molecule has 52 heavy (non-hydrogen) atoms. The lowest BCUT2D eigenvalue weighted by molar-refractivity contribution is -0.158. The van der Waals surface area contributed by atoms with E-state index in [-0.39, 0.29) is 55.0 Å². The number of methoxy groups -OCH3 is 1. The zero-order valence-corrected chi connectivity index (χ0v) is 27.5. The van der Waals surface area contributed by atoms with E-state index in [1.807, 2.05) is 0 Å². The Labute approximate surface area is 292 Å². The number of aromatic nitrogens is 1. The Bertz CT molecular complexity index is 1660. The summed E-state index contributed by atoms with van der Waals surface area (Å²) in [4.78, 5) is 41.8. The molecule has 0 saturated carbocycles. The van der Waals surface area contributed by atoms with E-state index in [1.165, 1.54) is 18.3 Å². The van der Waals surface area contributed by atoms with Gasteiger partial charge in [0.1, 0.15) is 24.3 Å². The Hall–Kier alpha value is -4.84. The largest absolute Gasteiger partial charge is 0.464 e. The summed E-state index contributed by atoms with van der Waals surface area (Å²) in [5.74, 6) is -4.55. The van der Waals surface area contributed by atoms with Crippen molar-refractivity contribution in [2.75, 3.05) is 32.2 Å². The van der Waals surface area contributed by atoms with Crippen LogP contribution in [0.1, 0.15) is 47.4 Å². The van der Waals surface area contributed by atoms with Gasteiger partial charge in [-0.3, -0.25) is 14.6 Å². The van der Waals surface area contributed by atoms with E-state index < -0.39 is 84.5 Å². The molecular weight excluding hydrogens is 712 g/mol. The van der Waals surface area contributed by atoms with E-state index in [1.54, 1.807) is 0 Å². The number of hydrogen-bond acceptors (Lipinski definition) is 8. The number of anilines is 1. The van der Waals surface area contributed by atoms with Crippen LogP contribution in [0.2, 0.25) is 0 Å². The molecule has 1 saturated heterocycles. The van der Waals surface area contributed by atoms with Crippen molar-refractivity contribution in [1.29, 1.82) is 0 Å². The van der Waals surface area contributed by atoms with Gasteiger partial charge in [-0.05, 0) is 48.2 Å². The number of nitrogens with zero attached hydrogens (tertiary/aromatic N) is 1. The average Bonchev–Trinajstić information content (AvgIpc) is 3.10. The molecule has 10 nitrogen and oxygen atoms in total. The van der Waals surface area contributed by atoms with Crippen LogP contribution in [0.25, 0.3) is 0 Å². The average molecular weight is 747 g/mol. The number of hydrogen-bond donors (Lipinski definition) is 3. The van der Waals surface area contributed by atoms with Gasteiger partial charge in [0.15, 0.2) is 0 Å². The van der Waals surface area contributed by atoms with Gasteiger partial charge in [0.05, 0.1) is 62.3 Å². The van der Waals surface area contributed by atoms with Crippen molar-refractivity contribution < 1.29 is 63.7 Å². The van der Waals surface area contributed by atoms with Gasteiger partial charge < -0.3 is 30.2 Å². The molecule has 282 valence electrons. The summed E-state index contributed by atoms with van der Waals surface area (Å²) in [6, 6.07) is 6.49. The summed E-state index contributed by atoms with van der Waals surface area (Å²) >= 11 is 0. The summed E-state index contributed by atoms with van der Waals surface area (Å²) in [5, 5.41) is 7.99. The summed E-state index contributed by atoms with van der Waals surface area (Å²) in [6.45, 7) is 0.0384. The van der Waals surface area contributed by atoms with Crippen LogP contribution in [0, 0.1) is 11.6 Å². The van der Waals surface area contributed by atoms with Crippen LogP contribution in [0.15, 0.2) is 60.9 Å². The lowest BCUT2D eigenvalue weighted by Crippen LogP contribution is -2.49. The topological polar surface area (TPSA) is 128 Å². The van der Waals surface area contributed by atoms with Crippen molar-refractivity contribution >= 4 is 23.7 Å². The Morgan fingerprint density at radius 1 is 0.981 bits per heavy atom. The number of pyridine rings is 1. The minimum atomic E-state index is -4.66. The van der Waals surface area contributed by atoms with E-state index >= 15 is 4.39 Å². The number of halogens is 8. The zero-order chi connectivity index (χ0) is 38.1. The van der Waals surface area contributed by atoms with Crippen LogP contribution in [0.5, 0.6) is 0 Å². The third-order valence-electron chi connectivity index (χ3n) is 8.11. The summed E-state index contributed by atoms with van der Waals surface area (Å²) in [5.41, 5.74) is -0.657. The molecule has 2 amide bonds. The predicted octanol–water partition coefficient (Wildman–Crippen LogP) is 6.05. The van der Waals surface area contributed by atoms with Crippen molar-refractivity contribution in [2.45, 2.75) is 62.1 Å². The molecule has 0 unspecified atom stereocenters. The summed E-state index contributed by atoms with van der Waals surface area (Å²) in [6.07, 6.45) is -10.5. The third-order valence-corrected chi connectivity index (χ3v) is 8.11. The highest BCUT2D eigenvalue weighted by Crippen LogP contribution is 2.34. The maximum atomic E-state index is 15.1. The number of carbonyl (C=O) groups is 3. The van der Waals surface area contributed by atoms with Gasteiger partial charge in [-0.25, -0.2) is 13.6 Å². The van der Waals surface area contributed by atoms with Crippen LogP contribution in [-0.4, -0.2) is 74.2 Å². The molecule has 18 heteroatoms. The number of benzene rings is 2. The normalized spacial score (nSPS) is 17.5. The van der Waals surface area contributed by atoms with Gasteiger partial charge in [-0.2, -0.15) is 26.3 Å². The first-order chi connectivity index (χ1) is 24.5. The summed E-state index contributed by atoms with van der Waals surface area (Å²) in [7, 11) is 1.03. The van der Waals surface area contributed by atoms with Crippen molar-refractivity contribution in [2.24, 2.45) is 0 Å². The Kier molecular flexibility index (Phi) is 13.5. The molecule has 0 radical (unpaired) electrons. The Balaban J connectivity index is 1.49. The minimum absolute atomic E-state index is 0.00278. The van der Waals surface area contributed by atoms with E-state index in [2.05, 4.69) is 20.9 Å². The second kappa shape index (κ2) is 17.6. The maximum absolute atomic E-state index is 15.1. The second-order valence-electron chi connectivity index (χ2n) is 11.8. The molecule has 0 bridgehead atoms. The number of alkyl halides is 6. The van der Waals surface area contributed by atoms with Crippen LogP contribution < -0.4 is 16.0 Å². The number of ether oxygens (including phenoxy) is 3. The molecule has 1 aliphatic rings. The second-order valence-corrected chi connectivity index (χ2v) is 11.8. The number of nitrogens with one attached hydrogen (secondary N) is 3. The van der Waals surface area contributed by atoms with Gasteiger partial charge in [-0.1, -0.05) is 24.3 Å². The number of alkyl carbamates (subject to hydrolysis) is 1. The quantitative estimate of drug-likeness (QED) is 0.143. The molecule has 1 aliphatic heterocycles. The first kappa shape index (κ1) is 39.9. The first-order valence-corrected chi connectivity index (χ1v) is 15.8. The van der Waals surface area contributed by atoms with Gasteiger partial charge in [-0.15, -0.1) is 0 Å². The highest BCUT2D eigenvalue weighted by molar-refractivity contribution is 5.98. The number of morpholine rings is 1. The number of amides is 2.